The average molecular weight is 243 g/mol. The van der Waals surface area contributed by atoms with Gasteiger partial charge in [0, 0.05) is 0 Å². The van der Waals surface area contributed by atoms with Crippen LogP contribution in [0.15, 0.2) is 60.7 Å². The number of rotatable bonds is 3. The second-order valence-corrected chi connectivity index (χ2v) is 3.86. The molecule has 0 spiro atoms. The molecular weight excluding hydrogens is 222 g/mol. The number of hydrogen-bond donors (Lipinski definition) is 2. The van der Waals surface area contributed by atoms with E-state index in [1.165, 1.54) is 5.56 Å². The highest BCUT2D eigenvalue weighted by atomic mass is 15.4. The van der Waals surface area contributed by atoms with Gasteiger partial charge in [0.05, 0.1) is 12.2 Å². The molecule has 18 heavy (non-hydrogen) atoms. The molecule has 0 fully saturated rings. The molecule has 3 heteroatoms. The number of hydrogen-bond acceptors (Lipinski definition) is 3. The molecule has 0 saturated heterocycles. The van der Waals surface area contributed by atoms with Crippen LogP contribution >= 0.6 is 0 Å². The molecule has 96 valence electrons. The van der Waals surface area contributed by atoms with E-state index in [4.69, 9.17) is 11.6 Å². The van der Waals surface area contributed by atoms with Crippen LogP contribution in [0.2, 0.25) is 0 Å². The van der Waals surface area contributed by atoms with Crippen molar-refractivity contribution in [1.29, 1.82) is 0 Å². The Morgan fingerprint density at radius 3 is 1.83 bits per heavy atom. The number of benzene rings is 2. The molecule has 3 nitrogen and oxygen atoms in total. The van der Waals surface area contributed by atoms with Crippen molar-refractivity contribution < 1.29 is 0 Å². The SMILES string of the molecule is CCN.NN(Cc1ccccc1)c1ccccc1. The topological polar surface area (TPSA) is 55.3 Å². The molecule has 0 aromatic heterocycles. The summed E-state index contributed by atoms with van der Waals surface area (Å²) in [5, 5.41) is 1.75. The highest BCUT2D eigenvalue weighted by Crippen LogP contribution is 2.12. The first kappa shape index (κ1) is 14.2. The third-order valence-corrected chi connectivity index (χ3v) is 2.28. The summed E-state index contributed by atoms with van der Waals surface area (Å²) >= 11 is 0. The van der Waals surface area contributed by atoms with E-state index in [0.29, 0.717) is 0 Å². The van der Waals surface area contributed by atoms with Crippen molar-refractivity contribution in [1.82, 2.24) is 0 Å². The van der Waals surface area contributed by atoms with Gasteiger partial charge in [-0.25, -0.2) is 5.84 Å². The summed E-state index contributed by atoms with van der Waals surface area (Å²) in [5.74, 6) is 5.96. The van der Waals surface area contributed by atoms with E-state index in [2.05, 4.69) is 12.1 Å². The van der Waals surface area contributed by atoms with Gasteiger partial charge in [0.25, 0.3) is 0 Å². The minimum absolute atomic E-state index is 0.727. The predicted octanol–water partition coefficient (Wildman–Crippen LogP) is 2.53. The highest BCUT2D eigenvalue weighted by molar-refractivity contribution is 5.44. The third kappa shape index (κ3) is 4.99. The van der Waals surface area contributed by atoms with Gasteiger partial charge in [-0.05, 0) is 24.2 Å². The molecule has 4 N–H and O–H groups in total. The molecule has 0 aliphatic heterocycles. The lowest BCUT2D eigenvalue weighted by atomic mass is 10.2. The Bertz CT molecular complexity index is 414. The Kier molecular flexibility index (Phi) is 6.54. The van der Waals surface area contributed by atoms with Crippen LogP contribution in [-0.2, 0) is 6.54 Å². The smallest absolute Gasteiger partial charge is 0.0592 e. The van der Waals surface area contributed by atoms with Gasteiger partial charge in [0.2, 0.25) is 0 Å². The van der Waals surface area contributed by atoms with Crippen molar-refractivity contribution in [3.63, 3.8) is 0 Å². The van der Waals surface area contributed by atoms with Gasteiger partial charge in [0.15, 0.2) is 0 Å². The van der Waals surface area contributed by atoms with Crippen LogP contribution in [0.4, 0.5) is 5.69 Å². The van der Waals surface area contributed by atoms with Crippen molar-refractivity contribution in [3.05, 3.63) is 66.2 Å². The van der Waals surface area contributed by atoms with Gasteiger partial charge in [-0.3, -0.25) is 0 Å². The van der Waals surface area contributed by atoms with E-state index in [0.717, 1.165) is 18.8 Å². The minimum atomic E-state index is 0.727. The van der Waals surface area contributed by atoms with E-state index in [1.54, 1.807) is 5.01 Å². The van der Waals surface area contributed by atoms with Crippen molar-refractivity contribution in [2.75, 3.05) is 11.6 Å². The number of nitrogens with zero attached hydrogens (tertiary/aromatic N) is 1. The lowest BCUT2D eigenvalue weighted by Crippen LogP contribution is -2.29. The van der Waals surface area contributed by atoms with Crippen molar-refractivity contribution in [3.8, 4) is 0 Å². The maximum atomic E-state index is 5.96. The van der Waals surface area contributed by atoms with Crippen LogP contribution < -0.4 is 16.6 Å². The second-order valence-electron chi connectivity index (χ2n) is 3.86. The normalized spacial score (nSPS) is 9.28. The summed E-state index contributed by atoms with van der Waals surface area (Å²) in [7, 11) is 0. The number of nitrogens with two attached hydrogens (primary N) is 2. The Labute approximate surface area is 109 Å². The maximum Gasteiger partial charge on any atom is 0.0592 e. The number of para-hydroxylation sites is 1. The van der Waals surface area contributed by atoms with E-state index in [9.17, 15) is 0 Å². The van der Waals surface area contributed by atoms with Crippen LogP contribution in [0.1, 0.15) is 12.5 Å². The second kappa shape index (κ2) is 8.28. The molecule has 0 unspecified atom stereocenters. The molecule has 0 amide bonds. The number of anilines is 1. The predicted molar refractivity (Wildman–Crippen MR) is 78.0 cm³/mol. The summed E-state index contributed by atoms with van der Waals surface area (Å²) < 4.78 is 0. The Hall–Kier alpha value is -1.84. The third-order valence-electron chi connectivity index (χ3n) is 2.28. The molecule has 0 aliphatic carbocycles. The standard InChI is InChI=1S/C13H14N2.C2H7N/c14-15(13-9-5-2-6-10-13)11-12-7-3-1-4-8-12;1-2-3/h1-10H,11,14H2;2-3H2,1H3. The molecular formula is C15H21N3. The van der Waals surface area contributed by atoms with Crippen molar-refractivity contribution in [2.45, 2.75) is 13.5 Å². The Morgan fingerprint density at radius 2 is 1.33 bits per heavy atom. The highest BCUT2D eigenvalue weighted by Gasteiger charge is 2.00. The van der Waals surface area contributed by atoms with Crippen LogP contribution in [0.3, 0.4) is 0 Å². The van der Waals surface area contributed by atoms with Gasteiger partial charge in [-0.2, -0.15) is 0 Å². The average Bonchev–Trinajstić information content (AvgIpc) is 2.42. The fourth-order valence-corrected chi connectivity index (χ4v) is 1.49. The molecule has 0 heterocycles. The molecule has 0 saturated carbocycles. The fourth-order valence-electron chi connectivity index (χ4n) is 1.49. The minimum Gasteiger partial charge on any atom is -0.331 e. The van der Waals surface area contributed by atoms with Crippen LogP contribution in [0.5, 0.6) is 0 Å². The molecule has 2 rings (SSSR count). The Balaban J connectivity index is 0.000000492. The summed E-state index contributed by atoms with van der Waals surface area (Å²) in [6, 6.07) is 20.2. The summed E-state index contributed by atoms with van der Waals surface area (Å²) in [6.07, 6.45) is 0. The lowest BCUT2D eigenvalue weighted by molar-refractivity contribution is 0.853. The zero-order valence-electron chi connectivity index (χ0n) is 10.8. The van der Waals surface area contributed by atoms with Crippen LogP contribution in [0.25, 0.3) is 0 Å². The van der Waals surface area contributed by atoms with Gasteiger partial charge in [-0.15, -0.1) is 0 Å². The molecule has 0 bridgehead atoms. The first-order valence-electron chi connectivity index (χ1n) is 6.09. The zero-order valence-corrected chi connectivity index (χ0v) is 10.8. The number of hydrazine groups is 1. The quantitative estimate of drug-likeness (QED) is 0.643. The van der Waals surface area contributed by atoms with Crippen LogP contribution in [0, 0.1) is 0 Å². The zero-order chi connectivity index (χ0) is 13.2. The summed E-state index contributed by atoms with van der Waals surface area (Å²) in [6.45, 7) is 3.38. The summed E-state index contributed by atoms with van der Waals surface area (Å²) in [4.78, 5) is 0. The molecule has 0 radical (unpaired) electrons. The molecule has 0 aliphatic rings. The first-order valence-corrected chi connectivity index (χ1v) is 6.09. The lowest BCUT2D eigenvalue weighted by Gasteiger charge is -2.18. The van der Waals surface area contributed by atoms with Gasteiger partial charge in [0.1, 0.15) is 0 Å². The fraction of sp³-hybridized carbons (Fsp3) is 0.200. The largest absolute Gasteiger partial charge is 0.331 e. The van der Waals surface area contributed by atoms with E-state index in [1.807, 2.05) is 55.5 Å². The van der Waals surface area contributed by atoms with Gasteiger partial charge in [-0.1, -0.05) is 55.5 Å². The van der Waals surface area contributed by atoms with Crippen molar-refractivity contribution >= 4 is 5.69 Å². The Morgan fingerprint density at radius 1 is 0.889 bits per heavy atom. The van der Waals surface area contributed by atoms with E-state index in [-0.39, 0.29) is 0 Å². The molecule has 2 aromatic carbocycles. The van der Waals surface area contributed by atoms with Crippen LogP contribution in [-0.4, -0.2) is 6.54 Å². The van der Waals surface area contributed by atoms with E-state index >= 15 is 0 Å². The van der Waals surface area contributed by atoms with Crippen molar-refractivity contribution in [2.24, 2.45) is 11.6 Å². The summed E-state index contributed by atoms with van der Waals surface area (Å²) in [5.41, 5.74) is 7.09. The van der Waals surface area contributed by atoms with Gasteiger partial charge >= 0.3 is 0 Å². The van der Waals surface area contributed by atoms with E-state index < -0.39 is 0 Å². The monoisotopic (exact) mass is 243 g/mol. The maximum absolute atomic E-state index is 5.96. The molecule has 2 aromatic rings. The molecule has 0 atom stereocenters. The first-order chi connectivity index (χ1) is 8.77. The van der Waals surface area contributed by atoms with Gasteiger partial charge < -0.3 is 10.7 Å².